The molecule has 0 heterocycles. The summed E-state index contributed by atoms with van der Waals surface area (Å²) in [6, 6.07) is 14.8. The number of rotatable bonds is 7. The van der Waals surface area contributed by atoms with Crippen molar-refractivity contribution in [3.05, 3.63) is 54.1 Å². The zero-order valence-corrected chi connectivity index (χ0v) is 14.6. The average Bonchev–Trinajstić information content (AvgIpc) is 2.64. The van der Waals surface area contributed by atoms with Crippen molar-refractivity contribution in [1.29, 1.82) is 0 Å². The Morgan fingerprint density at radius 1 is 1.04 bits per heavy atom. The Bertz CT molecular complexity index is 746. The van der Waals surface area contributed by atoms with Crippen LogP contribution in [0.2, 0.25) is 0 Å². The number of hydrogen-bond donors (Lipinski definition) is 1. The number of ether oxygens (including phenoxy) is 2. The predicted molar refractivity (Wildman–Crippen MR) is 96.5 cm³/mol. The lowest BCUT2D eigenvalue weighted by atomic mass is 10.1. The maximum absolute atomic E-state index is 11.8. The van der Waals surface area contributed by atoms with Crippen LogP contribution in [0.1, 0.15) is 17.3 Å². The Hall–Kier alpha value is -3.02. The first-order valence-electron chi connectivity index (χ1n) is 7.89. The topological polar surface area (TPSA) is 67.9 Å². The molecule has 2 aromatic carbocycles. The second-order valence-corrected chi connectivity index (χ2v) is 5.38. The van der Waals surface area contributed by atoms with Crippen molar-refractivity contribution in [3.8, 4) is 5.75 Å². The predicted octanol–water partition coefficient (Wildman–Crippen LogP) is 2.76. The van der Waals surface area contributed by atoms with Crippen LogP contribution in [0.4, 0.5) is 11.4 Å². The lowest BCUT2D eigenvalue weighted by Crippen LogP contribution is -2.31. The number of amides is 1. The molecular weight excluding hydrogens is 320 g/mol. The normalized spacial score (nSPS) is 10.0. The molecule has 1 amide bonds. The van der Waals surface area contributed by atoms with Crippen molar-refractivity contribution in [3.63, 3.8) is 0 Å². The zero-order chi connectivity index (χ0) is 18.2. The molecule has 0 spiro atoms. The molecule has 25 heavy (non-hydrogen) atoms. The molecule has 0 fully saturated rings. The van der Waals surface area contributed by atoms with Crippen LogP contribution in [0, 0.1) is 0 Å². The second kappa shape index (κ2) is 8.73. The van der Waals surface area contributed by atoms with Gasteiger partial charge in [0.2, 0.25) is 5.91 Å². The Morgan fingerprint density at radius 2 is 1.72 bits per heavy atom. The number of nitrogens with one attached hydrogen (secondary N) is 1. The molecule has 0 aromatic heterocycles. The van der Waals surface area contributed by atoms with Crippen LogP contribution < -0.4 is 15.0 Å². The Labute approximate surface area is 147 Å². The van der Waals surface area contributed by atoms with Gasteiger partial charge in [-0.25, -0.2) is 4.79 Å². The van der Waals surface area contributed by atoms with E-state index < -0.39 is 5.97 Å². The standard InChI is InChI=1S/C19H22N2O4/c1-14(22)20-10-11-21(17-8-5-9-18(13-17)24-2)16-7-4-6-15(12-16)19(23)25-3/h4-9,12-13H,10-11H2,1-3H3,(H,20,22). The summed E-state index contributed by atoms with van der Waals surface area (Å²) in [6.07, 6.45) is 0. The Kier molecular flexibility index (Phi) is 6.39. The molecular formula is C19H22N2O4. The van der Waals surface area contributed by atoms with Gasteiger partial charge in [0.05, 0.1) is 19.8 Å². The fourth-order valence-corrected chi connectivity index (χ4v) is 2.45. The van der Waals surface area contributed by atoms with E-state index in [9.17, 15) is 9.59 Å². The van der Waals surface area contributed by atoms with Gasteiger partial charge in [0.15, 0.2) is 0 Å². The van der Waals surface area contributed by atoms with E-state index in [0.717, 1.165) is 17.1 Å². The highest BCUT2D eigenvalue weighted by atomic mass is 16.5. The number of carbonyl (C=O) groups is 2. The fraction of sp³-hybridized carbons (Fsp3) is 0.263. The number of benzene rings is 2. The van der Waals surface area contributed by atoms with Gasteiger partial charge >= 0.3 is 5.97 Å². The van der Waals surface area contributed by atoms with Crippen molar-refractivity contribution >= 4 is 23.3 Å². The SMILES string of the molecule is COC(=O)c1cccc(N(CCNC(C)=O)c2cccc(OC)c2)c1. The van der Waals surface area contributed by atoms with E-state index in [1.807, 2.05) is 35.2 Å². The van der Waals surface area contributed by atoms with Crippen molar-refractivity contribution in [2.75, 3.05) is 32.2 Å². The fourth-order valence-electron chi connectivity index (χ4n) is 2.45. The molecule has 6 heteroatoms. The minimum Gasteiger partial charge on any atom is -0.497 e. The van der Waals surface area contributed by atoms with Crippen LogP contribution in [0.15, 0.2) is 48.5 Å². The second-order valence-electron chi connectivity index (χ2n) is 5.38. The highest BCUT2D eigenvalue weighted by Gasteiger charge is 2.13. The van der Waals surface area contributed by atoms with E-state index in [-0.39, 0.29) is 5.91 Å². The maximum Gasteiger partial charge on any atom is 0.337 e. The van der Waals surface area contributed by atoms with E-state index in [1.165, 1.54) is 14.0 Å². The molecule has 0 aliphatic heterocycles. The third kappa shape index (κ3) is 4.97. The van der Waals surface area contributed by atoms with Crippen LogP contribution >= 0.6 is 0 Å². The molecule has 0 bridgehead atoms. The summed E-state index contributed by atoms with van der Waals surface area (Å²) in [5.41, 5.74) is 2.18. The molecule has 0 unspecified atom stereocenters. The van der Waals surface area contributed by atoms with Gasteiger partial charge in [-0.1, -0.05) is 12.1 Å². The summed E-state index contributed by atoms with van der Waals surface area (Å²) in [4.78, 5) is 25.0. The van der Waals surface area contributed by atoms with Crippen LogP contribution in [-0.2, 0) is 9.53 Å². The van der Waals surface area contributed by atoms with Gasteiger partial charge in [-0.3, -0.25) is 4.79 Å². The molecule has 6 nitrogen and oxygen atoms in total. The molecule has 0 atom stereocenters. The molecule has 2 aromatic rings. The number of hydrogen-bond acceptors (Lipinski definition) is 5. The number of carbonyl (C=O) groups excluding carboxylic acids is 2. The van der Waals surface area contributed by atoms with E-state index in [0.29, 0.717) is 18.7 Å². The van der Waals surface area contributed by atoms with Gasteiger partial charge < -0.3 is 19.7 Å². The number of esters is 1. The third-order valence-corrected chi connectivity index (χ3v) is 3.65. The minimum absolute atomic E-state index is 0.0890. The molecule has 132 valence electrons. The summed E-state index contributed by atoms with van der Waals surface area (Å²) in [7, 11) is 2.96. The van der Waals surface area contributed by atoms with Gasteiger partial charge in [-0.05, 0) is 30.3 Å². The number of nitrogens with zero attached hydrogens (tertiary/aromatic N) is 1. The molecule has 0 aliphatic rings. The zero-order valence-electron chi connectivity index (χ0n) is 14.6. The first kappa shape index (κ1) is 18.3. The highest BCUT2D eigenvalue weighted by Crippen LogP contribution is 2.28. The van der Waals surface area contributed by atoms with Gasteiger partial charge in [0.25, 0.3) is 0 Å². The lowest BCUT2D eigenvalue weighted by Gasteiger charge is -2.26. The largest absolute Gasteiger partial charge is 0.497 e. The molecule has 2 rings (SSSR count). The van der Waals surface area contributed by atoms with E-state index in [1.54, 1.807) is 25.3 Å². The van der Waals surface area contributed by atoms with E-state index >= 15 is 0 Å². The van der Waals surface area contributed by atoms with Crippen LogP contribution in [0.3, 0.4) is 0 Å². The van der Waals surface area contributed by atoms with Crippen LogP contribution in [-0.4, -0.2) is 39.2 Å². The highest BCUT2D eigenvalue weighted by molar-refractivity contribution is 5.90. The number of methoxy groups -OCH3 is 2. The summed E-state index contributed by atoms with van der Waals surface area (Å²) in [6.45, 7) is 2.49. The van der Waals surface area contributed by atoms with Crippen molar-refractivity contribution in [2.45, 2.75) is 6.92 Å². The molecule has 0 radical (unpaired) electrons. The van der Waals surface area contributed by atoms with Crippen molar-refractivity contribution in [1.82, 2.24) is 5.32 Å². The van der Waals surface area contributed by atoms with Crippen LogP contribution in [0.5, 0.6) is 5.75 Å². The number of anilines is 2. The third-order valence-electron chi connectivity index (χ3n) is 3.65. The van der Waals surface area contributed by atoms with E-state index in [4.69, 9.17) is 9.47 Å². The Morgan fingerprint density at radius 3 is 2.36 bits per heavy atom. The Balaban J connectivity index is 2.36. The average molecular weight is 342 g/mol. The molecule has 0 saturated heterocycles. The monoisotopic (exact) mass is 342 g/mol. The maximum atomic E-state index is 11.8. The first-order valence-corrected chi connectivity index (χ1v) is 7.89. The summed E-state index contributed by atoms with van der Waals surface area (Å²) in [5.74, 6) is 0.245. The summed E-state index contributed by atoms with van der Waals surface area (Å²) in [5, 5.41) is 2.79. The molecule has 0 saturated carbocycles. The summed E-state index contributed by atoms with van der Waals surface area (Å²) >= 11 is 0. The van der Waals surface area contributed by atoms with Crippen LogP contribution in [0.25, 0.3) is 0 Å². The molecule has 1 N–H and O–H groups in total. The molecule has 0 aliphatic carbocycles. The van der Waals surface area contributed by atoms with Gasteiger partial charge in [0.1, 0.15) is 5.75 Å². The minimum atomic E-state index is -0.394. The van der Waals surface area contributed by atoms with Gasteiger partial charge in [-0.15, -0.1) is 0 Å². The van der Waals surface area contributed by atoms with Gasteiger partial charge in [-0.2, -0.15) is 0 Å². The van der Waals surface area contributed by atoms with Crippen molar-refractivity contribution < 1.29 is 19.1 Å². The van der Waals surface area contributed by atoms with Gasteiger partial charge in [0, 0.05) is 37.5 Å². The van der Waals surface area contributed by atoms with E-state index in [2.05, 4.69) is 5.32 Å². The summed E-state index contributed by atoms with van der Waals surface area (Å²) < 4.78 is 10.1. The lowest BCUT2D eigenvalue weighted by molar-refractivity contribution is -0.118. The quantitative estimate of drug-likeness (QED) is 0.784. The van der Waals surface area contributed by atoms with Crippen molar-refractivity contribution in [2.24, 2.45) is 0 Å². The first-order chi connectivity index (χ1) is 12.0. The smallest absolute Gasteiger partial charge is 0.337 e.